The normalized spacial score (nSPS) is 19.5. The Morgan fingerprint density at radius 1 is 1.10 bits per heavy atom. The highest BCUT2D eigenvalue weighted by atomic mass is 16.5. The number of nitrogens with one attached hydrogen (secondary N) is 2. The van der Waals surface area contributed by atoms with Gasteiger partial charge in [-0.3, -0.25) is 9.59 Å². The number of hydrogen-bond acceptors (Lipinski definition) is 5. The van der Waals surface area contributed by atoms with Gasteiger partial charge in [0.05, 0.1) is 19.9 Å². The molecule has 8 heteroatoms. The van der Waals surface area contributed by atoms with Crippen molar-refractivity contribution in [2.75, 3.05) is 19.5 Å². The van der Waals surface area contributed by atoms with Crippen molar-refractivity contribution in [3.05, 3.63) is 54.1 Å². The van der Waals surface area contributed by atoms with E-state index in [4.69, 9.17) is 9.47 Å². The van der Waals surface area contributed by atoms with Crippen molar-refractivity contribution < 1.29 is 23.9 Å². The molecule has 29 heavy (non-hydrogen) atoms. The van der Waals surface area contributed by atoms with Crippen LogP contribution in [0.1, 0.15) is 19.4 Å². The van der Waals surface area contributed by atoms with Crippen LogP contribution in [0.2, 0.25) is 0 Å². The van der Waals surface area contributed by atoms with Gasteiger partial charge in [0, 0.05) is 0 Å². The minimum absolute atomic E-state index is 0.453. The molecule has 1 saturated heterocycles. The van der Waals surface area contributed by atoms with Gasteiger partial charge in [-0.05, 0) is 43.7 Å². The highest BCUT2D eigenvalue weighted by Gasteiger charge is 2.51. The lowest BCUT2D eigenvalue weighted by molar-refractivity contribution is -0.136. The lowest BCUT2D eigenvalue weighted by Crippen LogP contribution is -2.47. The molecule has 152 valence electrons. The van der Waals surface area contributed by atoms with Gasteiger partial charge in [-0.25, -0.2) is 9.69 Å². The summed E-state index contributed by atoms with van der Waals surface area (Å²) in [5.41, 5.74) is -0.283. The van der Waals surface area contributed by atoms with Crippen LogP contribution < -0.4 is 20.1 Å². The molecule has 8 nitrogen and oxygen atoms in total. The molecule has 3 rings (SSSR count). The number of imide groups is 1. The zero-order valence-corrected chi connectivity index (χ0v) is 16.7. The molecule has 1 aliphatic rings. The zero-order chi connectivity index (χ0) is 21.2. The van der Waals surface area contributed by atoms with Crippen LogP contribution in [0.25, 0.3) is 0 Å². The molecular weight excluding hydrogens is 374 g/mol. The largest absolute Gasteiger partial charge is 0.497 e. The van der Waals surface area contributed by atoms with E-state index in [0.717, 1.165) is 4.90 Å². The Balaban J connectivity index is 1.84. The monoisotopic (exact) mass is 397 g/mol. The second kappa shape index (κ2) is 7.83. The van der Waals surface area contributed by atoms with Crippen LogP contribution in [0.3, 0.4) is 0 Å². The molecule has 2 N–H and O–H groups in total. The quantitative estimate of drug-likeness (QED) is 0.730. The van der Waals surface area contributed by atoms with Crippen molar-refractivity contribution >= 4 is 23.5 Å². The molecule has 2 unspecified atom stereocenters. The Hall–Kier alpha value is -3.55. The number of carbonyl (C=O) groups is 3. The fourth-order valence-corrected chi connectivity index (χ4v) is 3.24. The standard InChI is InChI=1S/C21H23N3O5/c1-13(18(25)22-16-10-5-6-11-17(16)29-4)24-19(26)21(2,23-20(24)27)14-8-7-9-15(12-14)28-3/h5-13H,1-4H3,(H,22,25)(H,23,27). The molecule has 0 radical (unpaired) electrons. The first-order valence-corrected chi connectivity index (χ1v) is 9.06. The van der Waals surface area contributed by atoms with Gasteiger partial charge in [0.2, 0.25) is 5.91 Å². The van der Waals surface area contributed by atoms with Crippen LogP contribution >= 0.6 is 0 Å². The number of para-hydroxylation sites is 2. The minimum Gasteiger partial charge on any atom is -0.497 e. The predicted octanol–water partition coefficient (Wildman–Crippen LogP) is 2.50. The van der Waals surface area contributed by atoms with Gasteiger partial charge in [-0.15, -0.1) is 0 Å². The van der Waals surface area contributed by atoms with Crippen LogP contribution in [0.5, 0.6) is 11.5 Å². The summed E-state index contributed by atoms with van der Waals surface area (Å²) >= 11 is 0. The Morgan fingerprint density at radius 2 is 1.83 bits per heavy atom. The topological polar surface area (TPSA) is 97.0 Å². The highest BCUT2D eigenvalue weighted by molar-refractivity contribution is 6.11. The van der Waals surface area contributed by atoms with E-state index in [0.29, 0.717) is 22.7 Å². The van der Waals surface area contributed by atoms with E-state index in [2.05, 4.69) is 10.6 Å². The van der Waals surface area contributed by atoms with Crippen LogP contribution in [-0.4, -0.2) is 43.0 Å². The minimum atomic E-state index is -1.30. The Morgan fingerprint density at radius 3 is 2.52 bits per heavy atom. The van der Waals surface area contributed by atoms with Gasteiger partial charge in [0.15, 0.2) is 0 Å². The van der Waals surface area contributed by atoms with E-state index in [-0.39, 0.29) is 0 Å². The van der Waals surface area contributed by atoms with Crippen LogP contribution in [-0.2, 0) is 15.1 Å². The molecule has 2 atom stereocenters. The van der Waals surface area contributed by atoms with E-state index in [1.165, 1.54) is 21.1 Å². The summed E-state index contributed by atoms with van der Waals surface area (Å²) in [5, 5.41) is 5.40. The Bertz CT molecular complexity index is 961. The molecule has 0 aromatic heterocycles. The third-order valence-corrected chi connectivity index (χ3v) is 5.00. The van der Waals surface area contributed by atoms with Gasteiger partial charge in [0.25, 0.3) is 5.91 Å². The maximum Gasteiger partial charge on any atom is 0.326 e. The highest BCUT2D eigenvalue weighted by Crippen LogP contribution is 2.32. The molecule has 1 fully saturated rings. The molecule has 2 aromatic rings. The first-order chi connectivity index (χ1) is 13.8. The maximum absolute atomic E-state index is 13.2. The SMILES string of the molecule is COc1cccc(C2(C)NC(=O)N(C(C)C(=O)Nc3ccccc3OC)C2=O)c1. The predicted molar refractivity (Wildman–Crippen MR) is 107 cm³/mol. The lowest BCUT2D eigenvalue weighted by atomic mass is 9.91. The number of benzene rings is 2. The fraction of sp³-hybridized carbons (Fsp3) is 0.286. The molecule has 0 bridgehead atoms. The molecular formula is C21H23N3O5. The second-order valence-corrected chi connectivity index (χ2v) is 6.83. The smallest absolute Gasteiger partial charge is 0.326 e. The van der Waals surface area contributed by atoms with Crippen LogP contribution in [0, 0.1) is 0 Å². The molecule has 0 saturated carbocycles. The maximum atomic E-state index is 13.2. The first-order valence-electron chi connectivity index (χ1n) is 9.06. The summed E-state index contributed by atoms with van der Waals surface area (Å²) in [6.07, 6.45) is 0. The van der Waals surface area contributed by atoms with Crippen molar-refractivity contribution in [1.82, 2.24) is 10.2 Å². The van der Waals surface area contributed by atoms with Gasteiger partial charge in [-0.1, -0.05) is 24.3 Å². The van der Waals surface area contributed by atoms with E-state index >= 15 is 0 Å². The third-order valence-electron chi connectivity index (χ3n) is 5.00. The number of rotatable bonds is 6. The number of ether oxygens (including phenoxy) is 2. The number of carbonyl (C=O) groups excluding carboxylic acids is 3. The number of nitrogens with zero attached hydrogens (tertiary/aromatic N) is 1. The summed E-state index contributed by atoms with van der Waals surface area (Å²) in [4.78, 5) is 39.4. The van der Waals surface area contributed by atoms with Gasteiger partial charge >= 0.3 is 6.03 Å². The fourth-order valence-electron chi connectivity index (χ4n) is 3.24. The van der Waals surface area contributed by atoms with E-state index < -0.39 is 29.4 Å². The second-order valence-electron chi connectivity index (χ2n) is 6.83. The number of methoxy groups -OCH3 is 2. The average molecular weight is 397 g/mol. The Kier molecular flexibility index (Phi) is 5.45. The summed E-state index contributed by atoms with van der Waals surface area (Å²) in [7, 11) is 3.01. The number of anilines is 1. The van der Waals surface area contributed by atoms with Gasteiger partial charge in [-0.2, -0.15) is 0 Å². The van der Waals surface area contributed by atoms with Crippen molar-refractivity contribution in [2.24, 2.45) is 0 Å². The van der Waals surface area contributed by atoms with E-state index in [1.54, 1.807) is 55.5 Å². The van der Waals surface area contributed by atoms with Crippen molar-refractivity contribution in [3.8, 4) is 11.5 Å². The average Bonchev–Trinajstić information content (AvgIpc) is 2.97. The molecule has 0 aliphatic carbocycles. The van der Waals surface area contributed by atoms with E-state index in [9.17, 15) is 14.4 Å². The van der Waals surface area contributed by atoms with Gasteiger partial charge < -0.3 is 20.1 Å². The van der Waals surface area contributed by atoms with Crippen LogP contribution in [0.4, 0.5) is 10.5 Å². The van der Waals surface area contributed by atoms with Crippen molar-refractivity contribution in [2.45, 2.75) is 25.4 Å². The summed E-state index contributed by atoms with van der Waals surface area (Å²) in [6, 6.07) is 12.1. The number of urea groups is 1. The number of hydrogen-bond donors (Lipinski definition) is 2. The lowest BCUT2D eigenvalue weighted by Gasteiger charge is -2.25. The van der Waals surface area contributed by atoms with Gasteiger partial charge in [0.1, 0.15) is 23.1 Å². The summed E-state index contributed by atoms with van der Waals surface area (Å²) in [5.74, 6) is 0.0176. The summed E-state index contributed by atoms with van der Waals surface area (Å²) in [6.45, 7) is 3.10. The molecule has 2 aromatic carbocycles. The molecule has 1 aliphatic heterocycles. The summed E-state index contributed by atoms with van der Waals surface area (Å²) < 4.78 is 10.4. The van der Waals surface area contributed by atoms with E-state index in [1.807, 2.05) is 0 Å². The molecule has 1 heterocycles. The Labute approximate surface area is 168 Å². The van der Waals surface area contributed by atoms with Crippen molar-refractivity contribution in [1.29, 1.82) is 0 Å². The van der Waals surface area contributed by atoms with Crippen molar-refractivity contribution in [3.63, 3.8) is 0 Å². The third kappa shape index (κ3) is 3.61. The first kappa shape index (κ1) is 20.2. The van der Waals surface area contributed by atoms with Crippen LogP contribution in [0.15, 0.2) is 48.5 Å². The zero-order valence-electron chi connectivity index (χ0n) is 16.7. The number of amides is 4. The molecule has 0 spiro atoms. The molecule has 4 amide bonds.